The van der Waals surface area contributed by atoms with E-state index in [-0.39, 0.29) is 5.75 Å². The van der Waals surface area contributed by atoms with Gasteiger partial charge in [0.1, 0.15) is 0 Å². The molecule has 1 aromatic rings. The maximum atomic E-state index is 10.5. The molecule has 1 rings (SSSR count). The summed E-state index contributed by atoms with van der Waals surface area (Å²) >= 11 is 6.79. The van der Waals surface area contributed by atoms with E-state index in [0.29, 0.717) is 9.21 Å². The molecule has 0 aliphatic carbocycles. The van der Waals surface area contributed by atoms with Crippen LogP contribution in [0.5, 0.6) is 0 Å². The monoisotopic (exact) mass is 230 g/mol. The zero-order valence-electron chi connectivity index (χ0n) is 5.25. The lowest BCUT2D eigenvalue weighted by Crippen LogP contribution is -1.90. The van der Waals surface area contributed by atoms with Crippen LogP contribution in [0.15, 0.2) is 12.1 Å². The summed E-state index contributed by atoms with van der Waals surface area (Å²) in [5.74, 6) is -0.147. The van der Waals surface area contributed by atoms with Crippen molar-refractivity contribution in [2.45, 2.75) is 5.75 Å². The van der Waals surface area contributed by atoms with Crippen LogP contribution in [0.2, 0.25) is 4.34 Å². The summed E-state index contributed by atoms with van der Waals surface area (Å²) in [6, 6.07) is 3.29. The average molecular weight is 231 g/mol. The first-order valence-electron chi connectivity index (χ1n) is 2.64. The van der Waals surface area contributed by atoms with Crippen LogP contribution in [0.4, 0.5) is 0 Å². The van der Waals surface area contributed by atoms with Crippen LogP contribution in [0.1, 0.15) is 4.88 Å². The Bertz CT molecular complexity index is 341. The number of rotatable bonds is 2. The Balaban J connectivity index is 2.81. The fourth-order valence-corrected chi connectivity index (χ4v) is 3.17. The van der Waals surface area contributed by atoms with E-state index in [1.165, 1.54) is 11.3 Å². The van der Waals surface area contributed by atoms with Crippen LogP contribution in [0, 0.1) is 0 Å². The van der Waals surface area contributed by atoms with Gasteiger partial charge in [0.25, 0.3) is 0 Å². The van der Waals surface area contributed by atoms with Crippen molar-refractivity contribution in [1.29, 1.82) is 0 Å². The van der Waals surface area contributed by atoms with E-state index < -0.39 is 9.05 Å². The average Bonchev–Trinajstić information content (AvgIpc) is 2.10. The van der Waals surface area contributed by atoms with Gasteiger partial charge in [-0.1, -0.05) is 11.6 Å². The van der Waals surface area contributed by atoms with Gasteiger partial charge in [0, 0.05) is 15.6 Å². The summed E-state index contributed by atoms with van der Waals surface area (Å²) in [5.41, 5.74) is 0. The van der Waals surface area contributed by atoms with Gasteiger partial charge in [-0.3, -0.25) is 0 Å². The van der Waals surface area contributed by atoms with Crippen LogP contribution < -0.4 is 0 Å². The summed E-state index contributed by atoms with van der Waals surface area (Å²) in [6.45, 7) is 0. The Morgan fingerprint density at radius 3 is 2.45 bits per heavy atom. The molecule has 0 unspecified atom stereocenters. The number of hydrogen-bond donors (Lipinski definition) is 0. The fraction of sp³-hybridized carbons (Fsp3) is 0.200. The van der Waals surface area contributed by atoms with Gasteiger partial charge in [-0.05, 0) is 12.1 Å². The molecule has 1 heterocycles. The van der Waals surface area contributed by atoms with Gasteiger partial charge in [0.2, 0.25) is 9.05 Å². The van der Waals surface area contributed by atoms with Crippen molar-refractivity contribution in [1.82, 2.24) is 0 Å². The first-order chi connectivity index (χ1) is 4.97. The molecule has 0 N–H and O–H groups in total. The SMILES string of the molecule is O=S(=O)(Cl)Cc1ccc(Cl)s1. The molecule has 11 heavy (non-hydrogen) atoms. The Morgan fingerprint density at radius 1 is 1.45 bits per heavy atom. The molecule has 0 saturated carbocycles. The van der Waals surface area contributed by atoms with Crippen molar-refractivity contribution < 1.29 is 8.42 Å². The molecule has 0 radical (unpaired) electrons. The summed E-state index contributed by atoms with van der Waals surface area (Å²) in [5, 5.41) is 0. The lowest BCUT2D eigenvalue weighted by Gasteiger charge is -1.88. The van der Waals surface area contributed by atoms with E-state index in [9.17, 15) is 8.42 Å². The molecule has 62 valence electrons. The largest absolute Gasteiger partial charge is 0.237 e. The fourth-order valence-electron chi connectivity index (χ4n) is 0.599. The molecule has 0 fully saturated rings. The van der Waals surface area contributed by atoms with Crippen molar-refractivity contribution in [3.05, 3.63) is 21.3 Å². The van der Waals surface area contributed by atoms with Crippen molar-refractivity contribution in [2.24, 2.45) is 0 Å². The molecule has 6 heteroatoms. The minimum absolute atomic E-state index is 0.147. The van der Waals surface area contributed by atoms with Gasteiger partial charge in [-0.2, -0.15) is 0 Å². The molecular weight excluding hydrogens is 227 g/mol. The summed E-state index contributed by atoms with van der Waals surface area (Å²) in [4.78, 5) is 0.657. The van der Waals surface area contributed by atoms with Gasteiger partial charge >= 0.3 is 0 Å². The summed E-state index contributed by atoms with van der Waals surface area (Å²) in [7, 11) is 1.57. The minimum Gasteiger partial charge on any atom is -0.212 e. The maximum absolute atomic E-state index is 10.5. The van der Waals surface area contributed by atoms with Crippen molar-refractivity contribution in [3.8, 4) is 0 Å². The standard InChI is InChI=1S/C5H4Cl2O2S2/c6-5-2-1-4(10-5)3-11(7,8)9/h1-2H,3H2. The van der Waals surface area contributed by atoms with Crippen LogP contribution in [-0.4, -0.2) is 8.42 Å². The number of hydrogen-bond acceptors (Lipinski definition) is 3. The highest BCUT2D eigenvalue weighted by Gasteiger charge is 2.08. The highest BCUT2D eigenvalue weighted by molar-refractivity contribution is 8.13. The predicted molar refractivity (Wildman–Crippen MR) is 47.8 cm³/mol. The molecule has 0 saturated heterocycles. The molecule has 1 aromatic heterocycles. The van der Waals surface area contributed by atoms with E-state index in [2.05, 4.69) is 0 Å². The normalized spacial score (nSPS) is 11.8. The third-order valence-electron chi connectivity index (χ3n) is 0.944. The highest BCUT2D eigenvalue weighted by Crippen LogP contribution is 2.23. The van der Waals surface area contributed by atoms with Gasteiger partial charge in [-0.15, -0.1) is 11.3 Å². The third kappa shape index (κ3) is 3.42. The summed E-state index contributed by atoms with van der Waals surface area (Å²) < 4.78 is 21.6. The second-order valence-corrected chi connectivity index (χ2v) is 6.47. The van der Waals surface area contributed by atoms with E-state index in [0.717, 1.165) is 0 Å². The van der Waals surface area contributed by atoms with Gasteiger partial charge < -0.3 is 0 Å². The third-order valence-corrected chi connectivity index (χ3v) is 3.34. The van der Waals surface area contributed by atoms with E-state index >= 15 is 0 Å². The molecule has 0 bridgehead atoms. The lowest BCUT2D eigenvalue weighted by molar-refractivity contribution is 0.609. The second kappa shape index (κ2) is 3.31. The minimum atomic E-state index is -3.44. The van der Waals surface area contributed by atoms with Gasteiger partial charge in [-0.25, -0.2) is 8.42 Å². The van der Waals surface area contributed by atoms with Crippen molar-refractivity contribution >= 4 is 42.7 Å². The van der Waals surface area contributed by atoms with Gasteiger partial charge in [0.05, 0.1) is 10.1 Å². The Morgan fingerprint density at radius 2 is 2.09 bits per heavy atom. The van der Waals surface area contributed by atoms with Crippen LogP contribution in [-0.2, 0) is 14.8 Å². The molecule has 2 nitrogen and oxygen atoms in total. The zero-order chi connectivity index (χ0) is 8.48. The Labute approximate surface area is 78.2 Å². The molecule has 0 atom stereocenters. The van der Waals surface area contributed by atoms with Crippen molar-refractivity contribution in [3.63, 3.8) is 0 Å². The molecule has 0 aromatic carbocycles. The maximum Gasteiger partial charge on any atom is 0.237 e. The zero-order valence-corrected chi connectivity index (χ0v) is 8.40. The van der Waals surface area contributed by atoms with E-state index in [1.54, 1.807) is 12.1 Å². The quantitative estimate of drug-likeness (QED) is 0.732. The van der Waals surface area contributed by atoms with E-state index in [4.69, 9.17) is 22.3 Å². The molecule has 0 aliphatic heterocycles. The first kappa shape index (κ1) is 9.32. The molecule has 0 amide bonds. The first-order valence-corrected chi connectivity index (χ1v) is 6.31. The van der Waals surface area contributed by atoms with E-state index in [1.807, 2.05) is 0 Å². The topological polar surface area (TPSA) is 34.1 Å². The Hall–Kier alpha value is 0.230. The lowest BCUT2D eigenvalue weighted by atomic mass is 10.5. The van der Waals surface area contributed by atoms with Crippen LogP contribution >= 0.6 is 33.6 Å². The van der Waals surface area contributed by atoms with Crippen LogP contribution in [0.3, 0.4) is 0 Å². The molecule has 0 spiro atoms. The van der Waals surface area contributed by atoms with Gasteiger partial charge in [0.15, 0.2) is 0 Å². The van der Waals surface area contributed by atoms with Crippen LogP contribution in [0.25, 0.3) is 0 Å². The number of halogens is 2. The highest BCUT2D eigenvalue weighted by atomic mass is 35.7. The second-order valence-electron chi connectivity index (χ2n) is 1.89. The summed E-state index contributed by atoms with van der Waals surface area (Å²) in [6.07, 6.45) is 0. The Kier molecular flexibility index (Phi) is 2.80. The molecular formula is C5H4Cl2O2S2. The number of thiophene rings is 1. The predicted octanol–water partition coefficient (Wildman–Crippen LogP) is 2.47. The van der Waals surface area contributed by atoms with Crippen molar-refractivity contribution in [2.75, 3.05) is 0 Å². The molecule has 0 aliphatic rings. The smallest absolute Gasteiger partial charge is 0.212 e.